The maximum Gasteiger partial charge on any atom is 0.217 e. The highest BCUT2D eigenvalue weighted by Crippen LogP contribution is 2.25. The molecule has 5 nitrogen and oxygen atoms in total. The van der Waals surface area contributed by atoms with E-state index in [9.17, 15) is 4.79 Å². The molecule has 1 aromatic heterocycles. The smallest absolute Gasteiger partial charge is 0.217 e. The monoisotopic (exact) mass is 272 g/mol. The zero-order valence-electron chi connectivity index (χ0n) is 11.8. The third-order valence-corrected chi connectivity index (χ3v) is 3.83. The molecular formula is C15H20N4O. The van der Waals surface area contributed by atoms with Crippen molar-refractivity contribution in [3.63, 3.8) is 0 Å². The van der Waals surface area contributed by atoms with Gasteiger partial charge >= 0.3 is 0 Å². The molecule has 1 atom stereocenters. The fraction of sp³-hybridized carbons (Fsp3) is 0.533. The molecule has 1 fully saturated rings. The number of amides is 1. The van der Waals surface area contributed by atoms with Gasteiger partial charge in [-0.2, -0.15) is 5.26 Å². The molecule has 1 aromatic rings. The summed E-state index contributed by atoms with van der Waals surface area (Å²) in [5, 5.41) is 9.06. The number of carbonyl (C=O) groups is 1. The van der Waals surface area contributed by atoms with Crippen molar-refractivity contribution in [3.05, 3.63) is 23.4 Å². The minimum absolute atomic E-state index is 0.234. The molecule has 106 valence electrons. The van der Waals surface area contributed by atoms with E-state index in [2.05, 4.69) is 16.0 Å². The van der Waals surface area contributed by atoms with Gasteiger partial charge in [-0.05, 0) is 43.7 Å². The summed E-state index contributed by atoms with van der Waals surface area (Å²) in [7, 11) is 0. The molecule has 2 N–H and O–H groups in total. The van der Waals surface area contributed by atoms with Gasteiger partial charge in [0.25, 0.3) is 0 Å². The summed E-state index contributed by atoms with van der Waals surface area (Å²) in [6, 6.07) is 6.03. The normalized spacial score (nSPS) is 18.6. The minimum atomic E-state index is -0.234. The Morgan fingerprint density at radius 2 is 2.40 bits per heavy atom. The Morgan fingerprint density at radius 3 is 3.10 bits per heavy atom. The van der Waals surface area contributed by atoms with Crippen molar-refractivity contribution < 1.29 is 4.79 Å². The molecule has 1 saturated heterocycles. The Balaban J connectivity index is 2.05. The molecule has 2 rings (SSSR count). The van der Waals surface area contributed by atoms with Crippen molar-refractivity contribution in [1.29, 1.82) is 5.26 Å². The molecule has 0 aliphatic carbocycles. The van der Waals surface area contributed by atoms with E-state index in [1.165, 1.54) is 0 Å². The molecular weight excluding hydrogens is 252 g/mol. The number of piperidine rings is 1. The van der Waals surface area contributed by atoms with Gasteiger partial charge in [0.05, 0.1) is 0 Å². The average Bonchev–Trinajstić information content (AvgIpc) is 2.46. The number of aromatic nitrogens is 1. The predicted octanol–water partition coefficient (Wildman–Crippen LogP) is 1.74. The van der Waals surface area contributed by atoms with Crippen LogP contribution in [0.5, 0.6) is 0 Å². The SMILES string of the molecule is Cc1ccc(N2CCCC(CCC(N)=O)C2)nc1C#N. The van der Waals surface area contributed by atoms with Gasteiger partial charge in [-0.1, -0.05) is 6.07 Å². The Morgan fingerprint density at radius 1 is 1.60 bits per heavy atom. The van der Waals surface area contributed by atoms with Crippen molar-refractivity contribution >= 4 is 11.7 Å². The van der Waals surface area contributed by atoms with Gasteiger partial charge in [-0.3, -0.25) is 4.79 Å². The Kier molecular flexibility index (Phi) is 4.57. The average molecular weight is 272 g/mol. The zero-order chi connectivity index (χ0) is 14.5. The highest BCUT2D eigenvalue weighted by Gasteiger charge is 2.21. The lowest BCUT2D eigenvalue weighted by Gasteiger charge is -2.33. The Labute approximate surface area is 119 Å². The van der Waals surface area contributed by atoms with Gasteiger partial charge in [-0.15, -0.1) is 0 Å². The number of carbonyl (C=O) groups excluding carboxylic acids is 1. The number of nitriles is 1. The topological polar surface area (TPSA) is 83.0 Å². The molecule has 0 saturated carbocycles. The second-order valence-electron chi connectivity index (χ2n) is 5.41. The van der Waals surface area contributed by atoms with Crippen LogP contribution in [0.2, 0.25) is 0 Å². The molecule has 0 bridgehead atoms. The van der Waals surface area contributed by atoms with Gasteiger partial charge in [0, 0.05) is 19.5 Å². The third kappa shape index (κ3) is 3.47. The second-order valence-corrected chi connectivity index (χ2v) is 5.41. The quantitative estimate of drug-likeness (QED) is 0.905. The van der Waals surface area contributed by atoms with Crippen LogP contribution in [-0.2, 0) is 4.79 Å². The van der Waals surface area contributed by atoms with Crippen LogP contribution in [-0.4, -0.2) is 24.0 Å². The lowest BCUT2D eigenvalue weighted by atomic mass is 9.93. The van der Waals surface area contributed by atoms with E-state index in [-0.39, 0.29) is 5.91 Å². The number of nitrogens with two attached hydrogens (primary N) is 1. The molecule has 1 unspecified atom stereocenters. The number of pyridine rings is 1. The highest BCUT2D eigenvalue weighted by atomic mass is 16.1. The fourth-order valence-electron chi connectivity index (χ4n) is 2.66. The van der Waals surface area contributed by atoms with Crippen LogP contribution >= 0.6 is 0 Å². The predicted molar refractivity (Wildman–Crippen MR) is 77.1 cm³/mol. The van der Waals surface area contributed by atoms with Gasteiger partial charge in [0.15, 0.2) is 0 Å². The second kappa shape index (κ2) is 6.38. The van der Waals surface area contributed by atoms with Gasteiger partial charge in [0.2, 0.25) is 5.91 Å². The largest absolute Gasteiger partial charge is 0.370 e. The van der Waals surface area contributed by atoms with E-state index in [1.807, 2.05) is 19.1 Å². The van der Waals surface area contributed by atoms with E-state index in [1.54, 1.807) is 0 Å². The lowest BCUT2D eigenvalue weighted by Crippen LogP contribution is -2.36. The van der Waals surface area contributed by atoms with E-state index in [0.29, 0.717) is 18.0 Å². The molecule has 1 aliphatic rings. The minimum Gasteiger partial charge on any atom is -0.370 e. The van der Waals surface area contributed by atoms with Crippen LogP contribution in [0, 0.1) is 24.2 Å². The van der Waals surface area contributed by atoms with Crippen molar-refractivity contribution in [3.8, 4) is 6.07 Å². The molecule has 20 heavy (non-hydrogen) atoms. The number of rotatable bonds is 4. The number of hydrogen-bond acceptors (Lipinski definition) is 4. The maximum absolute atomic E-state index is 10.9. The number of primary amides is 1. The molecule has 0 spiro atoms. The first-order valence-electron chi connectivity index (χ1n) is 7.01. The highest BCUT2D eigenvalue weighted by molar-refractivity contribution is 5.73. The molecule has 2 heterocycles. The molecule has 0 aromatic carbocycles. The van der Waals surface area contributed by atoms with Crippen molar-refractivity contribution in [2.24, 2.45) is 11.7 Å². The van der Waals surface area contributed by atoms with Gasteiger partial charge < -0.3 is 10.6 Å². The van der Waals surface area contributed by atoms with Crippen molar-refractivity contribution in [1.82, 2.24) is 4.98 Å². The van der Waals surface area contributed by atoms with E-state index in [0.717, 1.165) is 43.7 Å². The van der Waals surface area contributed by atoms with E-state index >= 15 is 0 Å². The summed E-state index contributed by atoms with van der Waals surface area (Å²) in [4.78, 5) is 17.5. The molecule has 5 heteroatoms. The Bertz CT molecular complexity index is 535. The van der Waals surface area contributed by atoms with Crippen LogP contribution in [0.1, 0.15) is 36.9 Å². The number of hydrogen-bond donors (Lipinski definition) is 1. The van der Waals surface area contributed by atoms with Crippen LogP contribution in [0.3, 0.4) is 0 Å². The van der Waals surface area contributed by atoms with Gasteiger partial charge in [-0.25, -0.2) is 4.98 Å². The first kappa shape index (κ1) is 14.3. The number of aryl methyl sites for hydroxylation is 1. The van der Waals surface area contributed by atoms with Gasteiger partial charge in [0.1, 0.15) is 17.6 Å². The molecule has 0 radical (unpaired) electrons. The zero-order valence-corrected chi connectivity index (χ0v) is 11.8. The summed E-state index contributed by atoms with van der Waals surface area (Å²) in [5.74, 6) is 1.10. The summed E-state index contributed by atoms with van der Waals surface area (Å²) < 4.78 is 0. The summed E-state index contributed by atoms with van der Waals surface area (Å²) >= 11 is 0. The number of anilines is 1. The summed E-state index contributed by atoms with van der Waals surface area (Å²) in [6.07, 6.45) is 3.49. The fourth-order valence-corrected chi connectivity index (χ4v) is 2.66. The van der Waals surface area contributed by atoms with Crippen LogP contribution < -0.4 is 10.6 Å². The lowest BCUT2D eigenvalue weighted by molar-refractivity contribution is -0.118. The molecule has 1 aliphatic heterocycles. The third-order valence-electron chi connectivity index (χ3n) is 3.83. The molecule has 1 amide bonds. The Hall–Kier alpha value is -2.09. The van der Waals surface area contributed by atoms with Crippen LogP contribution in [0.25, 0.3) is 0 Å². The maximum atomic E-state index is 10.9. The van der Waals surface area contributed by atoms with E-state index in [4.69, 9.17) is 11.0 Å². The standard InChI is InChI=1S/C15H20N4O/c1-11-4-7-15(18-13(11)9-16)19-8-2-3-12(10-19)5-6-14(17)20/h4,7,12H,2-3,5-6,8,10H2,1H3,(H2,17,20). The van der Waals surface area contributed by atoms with Crippen molar-refractivity contribution in [2.45, 2.75) is 32.6 Å². The van der Waals surface area contributed by atoms with Crippen molar-refractivity contribution in [2.75, 3.05) is 18.0 Å². The van der Waals surface area contributed by atoms with Crippen LogP contribution in [0.4, 0.5) is 5.82 Å². The first-order valence-corrected chi connectivity index (χ1v) is 7.01. The summed E-state index contributed by atoms with van der Waals surface area (Å²) in [5.41, 5.74) is 6.60. The van der Waals surface area contributed by atoms with E-state index < -0.39 is 0 Å². The first-order chi connectivity index (χ1) is 9.60. The number of nitrogens with zero attached hydrogens (tertiary/aromatic N) is 3. The van der Waals surface area contributed by atoms with Crippen LogP contribution in [0.15, 0.2) is 12.1 Å². The summed E-state index contributed by atoms with van der Waals surface area (Å²) in [6.45, 7) is 3.73.